The molecule has 0 spiro atoms. The molecule has 0 aliphatic rings. The Balaban J connectivity index is 0.000000184. The van der Waals surface area contributed by atoms with Crippen LogP contribution >= 0.6 is 31.9 Å². The van der Waals surface area contributed by atoms with Crippen LogP contribution in [0, 0.1) is 0 Å². The van der Waals surface area contributed by atoms with Gasteiger partial charge in [-0.2, -0.15) is 0 Å². The highest BCUT2D eigenvalue weighted by Crippen LogP contribution is 2.30. The van der Waals surface area contributed by atoms with Gasteiger partial charge in [0.2, 0.25) is 39.3 Å². The van der Waals surface area contributed by atoms with Gasteiger partial charge in [0.15, 0.2) is 0 Å². The smallest absolute Gasteiger partial charge is 0.423 e. The minimum atomic E-state index is -3.81. The van der Waals surface area contributed by atoms with E-state index in [1.165, 1.54) is 85.2 Å². The van der Waals surface area contributed by atoms with Crippen LogP contribution in [-0.4, -0.2) is 65.8 Å². The molecule has 6 aromatic carbocycles. The molecule has 0 atom stereocenters. The van der Waals surface area contributed by atoms with Gasteiger partial charge < -0.3 is 10.0 Å². The Bertz CT molecular complexity index is 3460. The Kier molecular flexibility index (Phi) is 16.8. The molecule has 0 amide bonds. The summed E-state index contributed by atoms with van der Waals surface area (Å²) in [7, 11) is -16.4. The van der Waals surface area contributed by atoms with Crippen LogP contribution in [0.3, 0.4) is 0 Å². The van der Waals surface area contributed by atoms with Crippen LogP contribution < -0.4 is 5.46 Å². The molecule has 0 fully saturated rings. The number of pyridine rings is 3. The van der Waals surface area contributed by atoms with Gasteiger partial charge in [-0.1, -0.05) is 56.1 Å². The molecular formula is C51H38BBr2N3O10S4. The third-order valence-corrected chi connectivity index (χ3v) is 18.7. The van der Waals surface area contributed by atoms with Gasteiger partial charge in [-0.25, -0.2) is 33.7 Å². The lowest BCUT2D eigenvalue weighted by Gasteiger charge is -2.09. The van der Waals surface area contributed by atoms with E-state index in [0.29, 0.717) is 5.46 Å². The highest BCUT2D eigenvalue weighted by atomic mass is 79.9. The van der Waals surface area contributed by atoms with Crippen molar-refractivity contribution in [1.29, 1.82) is 0 Å². The van der Waals surface area contributed by atoms with Crippen molar-refractivity contribution in [2.45, 2.75) is 39.2 Å². The molecule has 13 nitrogen and oxygen atoms in total. The fourth-order valence-electron chi connectivity index (χ4n) is 6.65. The number of rotatable bonds is 11. The zero-order chi connectivity index (χ0) is 50.8. The van der Waals surface area contributed by atoms with Crippen LogP contribution in [0.1, 0.15) is 0 Å². The van der Waals surface area contributed by atoms with E-state index in [4.69, 9.17) is 10.0 Å². The minimum absolute atomic E-state index is 0.0196. The van der Waals surface area contributed by atoms with Crippen molar-refractivity contribution in [3.05, 3.63) is 228 Å². The molecule has 71 heavy (non-hydrogen) atoms. The lowest BCUT2D eigenvalue weighted by Crippen LogP contribution is -2.29. The van der Waals surface area contributed by atoms with Crippen LogP contribution in [0.5, 0.6) is 0 Å². The Morgan fingerprint density at radius 2 is 0.465 bits per heavy atom. The van der Waals surface area contributed by atoms with Crippen LogP contribution in [0.2, 0.25) is 0 Å². The van der Waals surface area contributed by atoms with Gasteiger partial charge in [0.1, 0.15) is 0 Å². The molecule has 0 bridgehead atoms. The lowest BCUT2D eigenvalue weighted by atomic mass is 9.81. The molecule has 0 saturated carbocycles. The van der Waals surface area contributed by atoms with E-state index in [-0.39, 0.29) is 39.2 Å². The second-order valence-electron chi connectivity index (χ2n) is 15.0. The number of benzene rings is 6. The van der Waals surface area contributed by atoms with Crippen LogP contribution in [0.25, 0.3) is 22.3 Å². The maximum atomic E-state index is 13.1. The summed E-state index contributed by atoms with van der Waals surface area (Å²) in [4.78, 5) is 12.3. The van der Waals surface area contributed by atoms with Crippen LogP contribution in [-0.2, 0) is 39.3 Å². The molecule has 9 rings (SSSR count). The summed E-state index contributed by atoms with van der Waals surface area (Å²) in [6, 6.07) is 46.6. The fourth-order valence-corrected chi connectivity index (χ4v) is 12.2. The maximum Gasteiger partial charge on any atom is 0.488 e. The van der Waals surface area contributed by atoms with E-state index in [0.717, 1.165) is 31.2 Å². The molecule has 0 saturated heterocycles. The first-order chi connectivity index (χ1) is 33.9. The Morgan fingerprint density at radius 3 is 0.676 bits per heavy atom. The average Bonchev–Trinajstić information content (AvgIpc) is 3.40. The standard InChI is InChI=1S/C28H20N2O4S2.C18H12Br2O4S2.C5H6BNO2/c31-35(32,25-5-1-21(2-6-25)23-13-17-29-18-14-23)27-9-11-28(12-10-27)36(33,34)26-7-3-22(4-8-26)24-15-19-30-20-16-24;19-13-1-5-15(6-2-13)25(21,22)17-9-11-18(12-10-17)26(23,24)16-7-3-14(20)4-8-16;8-6(9)5-1-3-7-4-2-5/h1-20H;1-12H;1-4,8-9H. The molecule has 3 aromatic heterocycles. The van der Waals surface area contributed by atoms with E-state index in [1.54, 1.807) is 110 Å². The predicted octanol–water partition coefficient (Wildman–Crippen LogP) is 9.11. The summed E-state index contributed by atoms with van der Waals surface area (Å²) in [5, 5.41) is 17.1. The van der Waals surface area contributed by atoms with Gasteiger partial charge in [0.05, 0.1) is 39.2 Å². The van der Waals surface area contributed by atoms with Crippen molar-refractivity contribution in [2.24, 2.45) is 0 Å². The van der Waals surface area contributed by atoms with Crippen molar-refractivity contribution >= 4 is 83.8 Å². The molecule has 0 aliphatic heterocycles. The summed E-state index contributed by atoms with van der Waals surface area (Å²) in [6.07, 6.45) is 9.70. The van der Waals surface area contributed by atoms with Gasteiger partial charge in [0, 0.05) is 46.1 Å². The molecule has 20 heteroatoms. The predicted molar refractivity (Wildman–Crippen MR) is 276 cm³/mol. The number of aromatic nitrogens is 3. The van der Waals surface area contributed by atoms with Gasteiger partial charge in [-0.3, -0.25) is 15.0 Å². The minimum Gasteiger partial charge on any atom is -0.423 e. The van der Waals surface area contributed by atoms with Crippen molar-refractivity contribution < 1.29 is 43.7 Å². The Hall–Kier alpha value is -6.49. The second kappa shape index (κ2) is 22.7. The van der Waals surface area contributed by atoms with Crippen molar-refractivity contribution in [2.75, 3.05) is 0 Å². The zero-order valence-electron chi connectivity index (χ0n) is 36.8. The first kappa shape index (κ1) is 52.3. The highest BCUT2D eigenvalue weighted by molar-refractivity contribution is 9.10. The van der Waals surface area contributed by atoms with Crippen LogP contribution in [0.15, 0.2) is 267 Å². The molecule has 0 radical (unpaired) electrons. The number of hydrogen-bond donors (Lipinski definition) is 2. The molecule has 9 aromatic rings. The van der Waals surface area contributed by atoms with Gasteiger partial charge in [0.25, 0.3) is 0 Å². The van der Waals surface area contributed by atoms with E-state index in [9.17, 15) is 33.7 Å². The summed E-state index contributed by atoms with van der Waals surface area (Å²) < 4.78 is 105. The fraction of sp³-hybridized carbons (Fsp3) is 0. The lowest BCUT2D eigenvalue weighted by molar-refractivity contribution is 0.425. The van der Waals surface area contributed by atoms with Crippen molar-refractivity contribution in [1.82, 2.24) is 15.0 Å². The first-order valence-corrected chi connectivity index (χ1v) is 28.4. The monoisotopic (exact) mass is 1150 g/mol. The number of hydrogen-bond acceptors (Lipinski definition) is 13. The Labute approximate surface area is 428 Å². The van der Waals surface area contributed by atoms with E-state index in [2.05, 4.69) is 46.8 Å². The Morgan fingerprint density at radius 1 is 0.282 bits per heavy atom. The zero-order valence-corrected chi connectivity index (χ0v) is 43.2. The third-order valence-electron chi connectivity index (χ3n) is 10.5. The highest BCUT2D eigenvalue weighted by Gasteiger charge is 2.23. The SMILES string of the molecule is O=S(=O)(c1ccc(-c2ccncc2)cc1)c1ccc(S(=O)(=O)c2ccc(-c3ccncc3)cc2)cc1.O=S(=O)(c1ccc(Br)cc1)c1ccc(S(=O)(=O)c2ccc(Br)cc2)cc1.OB(O)c1ccncc1. The van der Waals surface area contributed by atoms with E-state index in [1.807, 2.05) is 24.3 Å². The molecule has 2 N–H and O–H groups in total. The molecule has 3 heterocycles. The summed E-state index contributed by atoms with van der Waals surface area (Å²) in [5.74, 6) is 0. The van der Waals surface area contributed by atoms with E-state index >= 15 is 0 Å². The molecule has 0 aliphatic carbocycles. The van der Waals surface area contributed by atoms with Gasteiger partial charge in [-0.05, 0) is 185 Å². The van der Waals surface area contributed by atoms with Crippen LogP contribution in [0.4, 0.5) is 0 Å². The van der Waals surface area contributed by atoms with Crippen molar-refractivity contribution in [3.63, 3.8) is 0 Å². The number of nitrogens with zero attached hydrogens (tertiary/aromatic N) is 3. The first-order valence-electron chi connectivity index (χ1n) is 20.9. The number of halogens is 2. The summed E-state index contributed by atoms with van der Waals surface area (Å²) in [6.45, 7) is 0. The van der Waals surface area contributed by atoms with Gasteiger partial charge >= 0.3 is 7.12 Å². The quantitative estimate of drug-likeness (QED) is 0.116. The topological polar surface area (TPSA) is 216 Å². The molecular weight excluding hydrogens is 1110 g/mol. The van der Waals surface area contributed by atoms with E-state index < -0.39 is 46.5 Å². The summed E-state index contributed by atoms with van der Waals surface area (Å²) >= 11 is 6.52. The number of sulfone groups is 4. The molecule has 358 valence electrons. The van der Waals surface area contributed by atoms with Crippen molar-refractivity contribution in [3.8, 4) is 22.3 Å². The maximum absolute atomic E-state index is 13.1. The van der Waals surface area contributed by atoms with Gasteiger partial charge in [-0.15, -0.1) is 0 Å². The summed E-state index contributed by atoms with van der Waals surface area (Å²) in [5.41, 5.74) is 4.06. The molecule has 0 unspecified atom stereocenters. The third kappa shape index (κ3) is 12.7. The average molecular weight is 1150 g/mol. The normalized spacial score (nSPS) is 11.5. The largest absolute Gasteiger partial charge is 0.488 e. The second-order valence-corrected chi connectivity index (χ2v) is 24.7.